The van der Waals surface area contributed by atoms with Crippen LogP contribution in [0.5, 0.6) is 0 Å². The number of pyridine rings is 1. The molecule has 25 heavy (non-hydrogen) atoms. The van der Waals surface area contributed by atoms with Gasteiger partial charge in [0.2, 0.25) is 5.91 Å². The Labute approximate surface area is 152 Å². The Bertz CT molecular complexity index is 851. The Morgan fingerprint density at radius 2 is 1.72 bits per heavy atom. The quantitative estimate of drug-likeness (QED) is 0.659. The molecule has 4 heteroatoms. The fourth-order valence-corrected chi connectivity index (χ4v) is 3.49. The summed E-state index contributed by atoms with van der Waals surface area (Å²) < 4.78 is 0. The average molecular weight is 350 g/mol. The maximum absolute atomic E-state index is 12.4. The van der Waals surface area contributed by atoms with Crippen LogP contribution in [0.2, 0.25) is 0 Å². The third kappa shape index (κ3) is 4.60. The first kappa shape index (κ1) is 17.5. The molecule has 0 bridgehead atoms. The van der Waals surface area contributed by atoms with Crippen molar-refractivity contribution in [3.8, 4) is 0 Å². The van der Waals surface area contributed by atoms with Gasteiger partial charge in [0.25, 0.3) is 0 Å². The van der Waals surface area contributed by atoms with Crippen molar-refractivity contribution in [3.05, 3.63) is 72.3 Å². The number of benzene rings is 2. The molecule has 0 aliphatic carbocycles. The number of nitrogens with one attached hydrogen (secondary N) is 1. The van der Waals surface area contributed by atoms with E-state index >= 15 is 0 Å². The number of aromatic nitrogens is 1. The summed E-state index contributed by atoms with van der Waals surface area (Å²) in [5.74, 6) is 0.337. The Hall–Kier alpha value is -2.33. The van der Waals surface area contributed by atoms with Crippen LogP contribution in [0.25, 0.3) is 10.9 Å². The number of carbonyl (C=O) groups excluding carboxylic acids is 1. The zero-order valence-electron chi connectivity index (χ0n) is 14.5. The highest BCUT2D eigenvalue weighted by molar-refractivity contribution is 8.00. The topological polar surface area (TPSA) is 42.0 Å². The Kier molecular flexibility index (Phi) is 5.71. The second-order valence-electron chi connectivity index (χ2n) is 6.16. The van der Waals surface area contributed by atoms with Gasteiger partial charge in [0.15, 0.2) is 0 Å². The van der Waals surface area contributed by atoms with Gasteiger partial charge in [-0.15, -0.1) is 0 Å². The minimum absolute atomic E-state index is 0.0442. The van der Waals surface area contributed by atoms with Gasteiger partial charge in [-0.05, 0) is 30.5 Å². The van der Waals surface area contributed by atoms with Crippen LogP contribution in [0, 0.1) is 0 Å². The molecular weight excluding hydrogens is 328 g/mol. The number of hydrogen-bond acceptors (Lipinski definition) is 3. The Morgan fingerprint density at radius 1 is 1.00 bits per heavy atom. The van der Waals surface area contributed by atoms with Crippen LogP contribution in [0.3, 0.4) is 0 Å². The van der Waals surface area contributed by atoms with E-state index in [0.29, 0.717) is 12.5 Å². The van der Waals surface area contributed by atoms with Gasteiger partial charge in [-0.3, -0.25) is 4.79 Å². The predicted octanol–water partition coefficient (Wildman–Crippen LogP) is 4.64. The third-order valence-corrected chi connectivity index (χ3v) is 5.23. The number of amides is 1. The van der Waals surface area contributed by atoms with Crippen LogP contribution < -0.4 is 5.32 Å². The van der Waals surface area contributed by atoms with Crippen LogP contribution in [-0.4, -0.2) is 22.7 Å². The summed E-state index contributed by atoms with van der Waals surface area (Å²) >= 11 is 1.49. The van der Waals surface area contributed by atoms with Crippen LogP contribution in [0.4, 0.5) is 0 Å². The lowest BCUT2D eigenvalue weighted by molar-refractivity contribution is -0.120. The lowest BCUT2D eigenvalue weighted by atomic mass is 10.0. The maximum atomic E-state index is 12.4. The molecule has 0 radical (unpaired) electrons. The van der Waals surface area contributed by atoms with E-state index in [0.717, 1.165) is 15.9 Å². The van der Waals surface area contributed by atoms with E-state index in [1.54, 1.807) is 0 Å². The molecule has 1 amide bonds. The SMILES string of the molecule is CC(Sc1ccc2ccccc2n1)C(=O)NCC(C)c1ccccc1. The molecule has 2 unspecified atom stereocenters. The molecule has 0 fully saturated rings. The highest BCUT2D eigenvalue weighted by atomic mass is 32.2. The summed E-state index contributed by atoms with van der Waals surface area (Å²) in [7, 11) is 0. The molecule has 1 heterocycles. The van der Waals surface area contributed by atoms with Gasteiger partial charge in [0, 0.05) is 11.9 Å². The number of thioether (sulfide) groups is 1. The lowest BCUT2D eigenvalue weighted by Crippen LogP contribution is -2.33. The highest BCUT2D eigenvalue weighted by Crippen LogP contribution is 2.24. The van der Waals surface area contributed by atoms with Gasteiger partial charge >= 0.3 is 0 Å². The van der Waals surface area contributed by atoms with E-state index in [9.17, 15) is 4.79 Å². The van der Waals surface area contributed by atoms with Crippen molar-refractivity contribution < 1.29 is 4.79 Å². The Balaban J connectivity index is 1.56. The van der Waals surface area contributed by atoms with Crippen molar-refractivity contribution in [1.82, 2.24) is 10.3 Å². The molecule has 3 aromatic rings. The first-order valence-corrected chi connectivity index (χ1v) is 9.36. The molecule has 0 aliphatic rings. The first-order valence-electron chi connectivity index (χ1n) is 8.48. The summed E-state index contributed by atoms with van der Waals surface area (Å²) in [5, 5.41) is 4.85. The van der Waals surface area contributed by atoms with Crippen molar-refractivity contribution in [2.75, 3.05) is 6.54 Å². The summed E-state index contributed by atoms with van der Waals surface area (Å²) in [6.45, 7) is 4.68. The highest BCUT2D eigenvalue weighted by Gasteiger charge is 2.16. The van der Waals surface area contributed by atoms with Gasteiger partial charge in [-0.25, -0.2) is 4.98 Å². The number of para-hydroxylation sites is 1. The Morgan fingerprint density at radius 3 is 2.52 bits per heavy atom. The minimum atomic E-state index is -0.184. The van der Waals surface area contributed by atoms with E-state index in [1.165, 1.54) is 17.3 Å². The maximum Gasteiger partial charge on any atom is 0.233 e. The van der Waals surface area contributed by atoms with Crippen molar-refractivity contribution >= 4 is 28.6 Å². The first-order chi connectivity index (χ1) is 12.1. The zero-order chi connectivity index (χ0) is 17.6. The van der Waals surface area contributed by atoms with Crippen LogP contribution in [-0.2, 0) is 4.79 Å². The van der Waals surface area contributed by atoms with Gasteiger partial charge in [-0.2, -0.15) is 0 Å². The fourth-order valence-electron chi connectivity index (χ4n) is 2.64. The van der Waals surface area contributed by atoms with E-state index in [1.807, 2.05) is 61.5 Å². The van der Waals surface area contributed by atoms with Crippen LogP contribution in [0.1, 0.15) is 25.3 Å². The van der Waals surface area contributed by atoms with Crippen LogP contribution >= 0.6 is 11.8 Å². The summed E-state index contributed by atoms with van der Waals surface area (Å²) in [4.78, 5) is 17.0. The van der Waals surface area contributed by atoms with E-state index < -0.39 is 0 Å². The van der Waals surface area contributed by atoms with Gasteiger partial charge in [0.05, 0.1) is 15.8 Å². The molecule has 0 saturated carbocycles. The van der Waals surface area contributed by atoms with E-state index in [-0.39, 0.29) is 11.2 Å². The summed E-state index contributed by atoms with van der Waals surface area (Å²) in [6, 6.07) is 22.3. The monoisotopic (exact) mass is 350 g/mol. The normalized spacial score (nSPS) is 13.4. The van der Waals surface area contributed by atoms with Crippen molar-refractivity contribution in [3.63, 3.8) is 0 Å². The molecule has 3 nitrogen and oxygen atoms in total. The van der Waals surface area contributed by atoms with E-state index in [2.05, 4.69) is 29.4 Å². The molecule has 0 saturated heterocycles. The third-order valence-electron chi connectivity index (χ3n) is 4.19. The number of nitrogens with zero attached hydrogens (tertiary/aromatic N) is 1. The molecular formula is C21H22N2OS. The lowest BCUT2D eigenvalue weighted by Gasteiger charge is -2.16. The molecule has 3 rings (SSSR count). The zero-order valence-corrected chi connectivity index (χ0v) is 15.3. The van der Waals surface area contributed by atoms with Crippen molar-refractivity contribution in [2.24, 2.45) is 0 Å². The molecule has 1 aromatic heterocycles. The summed E-state index contributed by atoms with van der Waals surface area (Å²) in [6.07, 6.45) is 0. The van der Waals surface area contributed by atoms with Gasteiger partial charge in [0.1, 0.15) is 0 Å². The standard InChI is InChI=1S/C21H22N2OS/c1-15(17-8-4-3-5-9-17)14-22-21(24)16(2)25-20-13-12-18-10-6-7-11-19(18)23-20/h3-13,15-16H,14H2,1-2H3,(H,22,24). The molecule has 128 valence electrons. The molecule has 0 aliphatic heterocycles. The molecule has 1 N–H and O–H groups in total. The van der Waals surface area contributed by atoms with Gasteiger partial charge in [-0.1, -0.05) is 73.3 Å². The van der Waals surface area contributed by atoms with E-state index in [4.69, 9.17) is 0 Å². The number of rotatable bonds is 6. The average Bonchev–Trinajstić information content (AvgIpc) is 2.66. The summed E-state index contributed by atoms with van der Waals surface area (Å²) in [5.41, 5.74) is 2.19. The number of carbonyl (C=O) groups is 1. The molecule has 2 aromatic carbocycles. The van der Waals surface area contributed by atoms with Gasteiger partial charge < -0.3 is 5.32 Å². The number of hydrogen-bond donors (Lipinski definition) is 1. The molecule has 2 atom stereocenters. The van der Waals surface area contributed by atoms with Crippen molar-refractivity contribution in [2.45, 2.75) is 30.0 Å². The fraction of sp³-hybridized carbons (Fsp3) is 0.238. The van der Waals surface area contributed by atoms with Crippen molar-refractivity contribution in [1.29, 1.82) is 0 Å². The second-order valence-corrected chi connectivity index (χ2v) is 7.52. The predicted molar refractivity (Wildman–Crippen MR) is 105 cm³/mol. The second kappa shape index (κ2) is 8.17. The van der Waals surface area contributed by atoms with Crippen LogP contribution in [0.15, 0.2) is 71.8 Å². The number of fused-ring (bicyclic) bond motifs is 1. The smallest absolute Gasteiger partial charge is 0.233 e. The molecule has 0 spiro atoms. The largest absolute Gasteiger partial charge is 0.355 e. The minimum Gasteiger partial charge on any atom is -0.355 e.